The molecule has 0 radical (unpaired) electrons. The number of nitrogens with zero attached hydrogens (tertiary/aromatic N) is 2. The maximum Gasteiger partial charge on any atom is 0.242 e. The molecule has 1 N–H and O–H groups in total. The lowest BCUT2D eigenvalue weighted by Gasteiger charge is -2.35. The summed E-state index contributed by atoms with van der Waals surface area (Å²) in [5, 5.41) is 0. The zero-order valence-electron chi connectivity index (χ0n) is 12.6. The minimum Gasteiger partial charge on any atom is -0.300 e. The number of hydrogen-bond donors (Lipinski definition) is 1. The Morgan fingerprint density at radius 3 is 2.77 bits per heavy atom. The van der Waals surface area contributed by atoms with Crippen molar-refractivity contribution in [1.82, 2.24) is 14.6 Å². The van der Waals surface area contributed by atoms with Crippen LogP contribution in [0, 0.1) is 5.92 Å². The van der Waals surface area contributed by atoms with Gasteiger partial charge in [-0.3, -0.25) is 9.88 Å². The molecular formula is C15H23N3O2S2. The van der Waals surface area contributed by atoms with Crippen LogP contribution in [0.5, 0.6) is 0 Å². The molecule has 2 saturated heterocycles. The van der Waals surface area contributed by atoms with Gasteiger partial charge in [-0.05, 0) is 56.2 Å². The molecule has 1 aromatic heterocycles. The van der Waals surface area contributed by atoms with Gasteiger partial charge < -0.3 is 0 Å². The van der Waals surface area contributed by atoms with Gasteiger partial charge in [-0.15, -0.1) is 0 Å². The van der Waals surface area contributed by atoms with Crippen molar-refractivity contribution in [2.75, 3.05) is 31.1 Å². The highest BCUT2D eigenvalue weighted by molar-refractivity contribution is 7.99. The molecule has 22 heavy (non-hydrogen) atoms. The van der Waals surface area contributed by atoms with Crippen LogP contribution >= 0.6 is 11.8 Å². The van der Waals surface area contributed by atoms with E-state index < -0.39 is 10.0 Å². The summed E-state index contributed by atoms with van der Waals surface area (Å²) in [5.41, 5.74) is 0. The number of pyridine rings is 1. The van der Waals surface area contributed by atoms with Crippen LogP contribution in [0.3, 0.4) is 0 Å². The molecule has 0 saturated carbocycles. The van der Waals surface area contributed by atoms with Gasteiger partial charge in [0, 0.05) is 30.7 Å². The molecule has 2 aliphatic rings. The fourth-order valence-corrected chi connectivity index (χ4v) is 5.48. The van der Waals surface area contributed by atoms with E-state index in [0.717, 1.165) is 32.0 Å². The maximum atomic E-state index is 12.2. The first-order valence-corrected chi connectivity index (χ1v) is 10.5. The summed E-state index contributed by atoms with van der Waals surface area (Å²) >= 11 is 2.05. The fourth-order valence-electron chi connectivity index (χ4n) is 3.15. The van der Waals surface area contributed by atoms with E-state index in [1.54, 1.807) is 18.3 Å². The first kappa shape index (κ1) is 16.2. The van der Waals surface area contributed by atoms with Crippen LogP contribution in [-0.2, 0) is 10.0 Å². The van der Waals surface area contributed by atoms with Gasteiger partial charge in [0.05, 0.1) is 0 Å². The van der Waals surface area contributed by atoms with Gasteiger partial charge in [-0.25, -0.2) is 13.1 Å². The molecule has 3 heterocycles. The second kappa shape index (κ2) is 7.29. The van der Waals surface area contributed by atoms with Crippen LogP contribution < -0.4 is 4.72 Å². The lowest BCUT2D eigenvalue weighted by atomic mass is 9.96. The molecule has 0 unspecified atom stereocenters. The summed E-state index contributed by atoms with van der Waals surface area (Å²) in [7, 11) is -3.42. The number of thioether (sulfide) groups is 1. The van der Waals surface area contributed by atoms with Gasteiger partial charge in [-0.2, -0.15) is 11.8 Å². The average Bonchev–Trinajstić information content (AvgIpc) is 3.09. The Morgan fingerprint density at radius 1 is 1.32 bits per heavy atom. The number of likely N-dealkylation sites (tertiary alicyclic amines) is 1. The molecule has 7 heteroatoms. The van der Waals surface area contributed by atoms with Crippen LogP contribution in [0.1, 0.15) is 19.3 Å². The van der Waals surface area contributed by atoms with Gasteiger partial charge in [0.25, 0.3) is 0 Å². The Kier molecular flexibility index (Phi) is 5.38. The number of rotatable bonds is 5. The van der Waals surface area contributed by atoms with Crippen molar-refractivity contribution in [1.29, 1.82) is 0 Å². The third-order valence-corrected chi connectivity index (χ3v) is 7.13. The van der Waals surface area contributed by atoms with E-state index in [4.69, 9.17) is 0 Å². The topological polar surface area (TPSA) is 62.3 Å². The Hall–Kier alpha value is -0.630. The molecular weight excluding hydrogens is 318 g/mol. The zero-order valence-corrected chi connectivity index (χ0v) is 14.3. The summed E-state index contributed by atoms with van der Waals surface area (Å²) in [5.74, 6) is 2.99. The summed E-state index contributed by atoms with van der Waals surface area (Å²) in [6.07, 6.45) is 6.44. The van der Waals surface area contributed by atoms with Crippen LogP contribution in [0.25, 0.3) is 0 Å². The highest BCUT2D eigenvalue weighted by Gasteiger charge is 2.28. The minimum absolute atomic E-state index is 0.246. The van der Waals surface area contributed by atoms with Gasteiger partial charge in [0.2, 0.25) is 10.0 Å². The Morgan fingerprint density at radius 2 is 2.14 bits per heavy atom. The second-order valence-corrected chi connectivity index (χ2v) is 8.95. The van der Waals surface area contributed by atoms with E-state index in [-0.39, 0.29) is 4.90 Å². The van der Waals surface area contributed by atoms with E-state index in [9.17, 15) is 8.42 Å². The fraction of sp³-hybridized carbons (Fsp3) is 0.667. The van der Waals surface area contributed by atoms with Crippen molar-refractivity contribution in [3.63, 3.8) is 0 Å². The lowest BCUT2D eigenvalue weighted by molar-refractivity contribution is 0.145. The molecule has 1 atom stereocenters. The van der Waals surface area contributed by atoms with E-state index in [0.29, 0.717) is 12.5 Å². The monoisotopic (exact) mass is 341 g/mol. The third-order valence-electron chi connectivity index (χ3n) is 4.58. The van der Waals surface area contributed by atoms with Crippen molar-refractivity contribution < 1.29 is 8.42 Å². The van der Waals surface area contributed by atoms with Gasteiger partial charge in [0.1, 0.15) is 4.90 Å². The molecule has 122 valence electrons. The first-order valence-electron chi connectivity index (χ1n) is 7.86. The van der Waals surface area contributed by atoms with Gasteiger partial charge in [0.15, 0.2) is 0 Å². The number of hydrogen-bond acceptors (Lipinski definition) is 5. The van der Waals surface area contributed by atoms with Crippen LogP contribution in [0.2, 0.25) is 0 Å². The largest absolute Gasteiger partial charge is 0.300 e. The summed E-state index contributed by atoms with van der Waals surface area (Å²) in [4.78, 5) is 6.71. The maximum absolute atomic E-state index is 12.2. The Bertz CT molecular complexity index is 566. The summed E-state index contributed by atoms with van der Waals surface area (Å²) in [6.45, 7) is 2.74. The van der Waals surface area contributed by atoms with Crippen molar-refractivity contribution >= 4 is 21.8 Å². The SMILES string of the molecule is O=S(=O)(NCC1CCN([C@@H]2CCSC2)CC1)c1cccnc1. The van der Waals surface area contributed by atoms with Crippen molar-refractivity contribution in [2.24, 2.45) is 5.92 Å². The Labute approximate surface area is 136 Å². The van der Waals surface area contributed by atoms with Gasteiger partial charge >= 0.3 is 0 Å². The number of piperidine rings is 1. The molecule has 0 spiro atoms. The molecule has 2 fully saturated rings. The summed E-state index contributed by atoms with van der Waals surface area (Å²) in [6, 6.07) is 3.97. The van der Waals surface area contributed by atoms with Crippen molar-refractivity contribution in [2.45, 2.75) is 30.2 Å². The molecule has 2 aliphatic heterocycles. The van der Waals surface area contributed by atoms with E-state index in [1.807, 2.05) is 11.8 Å². The normalized spacial score (nSPS) is 24.6. The predicted octanol–water partition coefficient (Wildman–Crippen LogP) is 1.58. The van der Waals surface area contributed by atoms with E-state index >= 15 is 0 Å². The quantitative estimate of drug-likeness (QED) is 0.881. The third kappa shape index (κ3) is 4.01. The molecule has 0 amide bonds. The van der Waals surface area contributed by atoms with E-state index in [2.05, 4.69) is 14.6 Å². The number of sulfonamides is 1. The predicted molar refractivity (Wildman–Crippen MR) is 89.5 cm³/mol. The summed E-state index contributed by atoms with van der Waals surface area (Å²) < 4.78 is 27.1. The van der Waals surface area contributed by atoms with Crippen molar-refractivity contribution in [3.8, 4) is 0 Å². The van der Waals surface area contributed by atoms with Crippen LogP contribution in [-0.4, -0.2) is 55.5 Å². The average molecular weight is 342 g/mol. The molecule has 1 aromatic rings. The van der Waals surface area contributed by atoms with Crippen molar-refractivity contribution in [3.05, 3.63) is 24.5 Å². The van der Waals surface area contributed by atoms with Crippen LogP contribution in [0.4, 0.5) is 0 Å². The molecule has 5 nitrogen and oxygen atoms in total. The Balaban J connectivity index is 1.47. The smallest absolute Gasteiger partial charge is 0.242 e. The number of nitrogens with one attached hydrogen (secondary N) is 1. The highest BCUT2D eigenvalue weighted by Crippen LogP contribution is 2.26. The molecule has 0 aromatic carbocycles. The highest BCUT2D eigenvalue weighted by atomic mass is 32.2. The lowest BCUT2D eigenvalue weighted by Crippen LogP contribution is -2.43. The van der Waals surface area contributed by atoms with E-state index in [1.165, 1.54) is 24.1 Å². The standard InChI is InChI=1S/C15H23N3O2S2/c19-22(20,15-2-1-6-16-11-15)17-10-13-3-7-18(8-4-13)14-5-9-21-12-14/h1-2,6,11,13-14,17H,3-5,7-10,12H2/t14-/m1/s1. The number of aromatic nitrogens is 1. The van der Waals surface area contributed by atoms with Crippen LogP contribution in [0.15, 0.2) is 29.4 Å². The molecule has 0 bridgehead atoms. The minimum atomic E-state index is -3.42. The molecule has 0 aliphatic carbocycles. The molecule has 3 rings (SSSR count). The second-order valence-electron chi connectivity index (χ2n) is 6.04. The zero-order chi connectivity index (χ0) is 15.4. The van der Waals surface area contributed by atoms with Gasteiger partial charge in [-0.1, -0.05) is 0 Å². The first-order chi connectivity index (χ1) is 10.6.